The van der Waals surface area contributed by atoms with Gasteiger partial charge in [-0.2, -0.15) is 15.2 Å². The molecule has 5 N–H and O–H groups in total. The van der Waals surface area contributed by atoms with Gasteiger partial charge in [0.15, 0.2) is 5.82 Å². The lowest BCUT2D eigenvalue weighted by atomic mass is 10.0. The number of nitrogens with two attached hydrogens (primary N) is 2. The Hall–Kier alpha value is -4.49. The van der Waals surface area contributed by atoms with Crippen molar-refractivity contribution in [1.82, 2.24) is 24.4 Å². The summed E-state index contributed by atoms with van der Waals surface area (Å²) in [5.41, 5.74) is 14.0. The van der Waals surface area contributed by atoms with Gasteiger partial charge in [0.2, 0.25) is 5.95 Å². The number of para-hydroxylation sites is 1. The van der Waals surface area contributed by atoms with Gasteiger partial charge in [0.05, 0.1) is 22.6 Å². The van der Waals surface area contributed by atoms with Crippen LogP contribution >= 0.6 is 0 Å². The molecule has 1 aliphatic rings. The molecular formula is C29H33N9O. The van der Waals surface area contributed by atoms with Crippen molar-refractivity contribution in [1.29, 1.82) is 5.26 Å². The maximum Gasteiger partial charge on any atom is 0.266 e. The molecule has 0 amide bonds. The second-order valence-corrected chi connectivity index (χ2v) is 9.93. The van der Waals surface area contributed by atoms with Crippen molar-refractivity contribution in [2.24, 2.45) is 0 Å². The number of nitriles is 1. The zero-order chi connectivity index (χ0) is 27.4. The number of nitrogen functional groups attached to an aromatic ring is 2. The van der Waals surface area contributed by atoms with Crippen LogP contribution in [0.5, 0.6) is 0 Å². The van der Waals surface area contributed by atoms with Gasteiger partial charge in [0.1, 0.15) is 23.3 Å². The first-order valence-electron chi connectivity index (χ1n) is 13.4. The van der Waals surface area contributed by atoms with E-state index in [9.17, 15) is 10.1 Å². The number of benzene rings is 2. The molecule has 1 atom stereocenters. The monoisotopic (exact) mass is 523 g/mol. The molecule has 200 valence electrons. The maximum atomic E-state index is 14.2. The van der Waals surface area contributed by atoms with Crippen LogP contribution in [0.4, 0.5) is 17.6 Å². The van der Waals surface area contributed by atoms with Gasteiger partial charge in [-0.05, 0) is 76.0 Å². The van der Waals surface area contributed by atoms with Crippen molar-refractivity contribution in [3.05, 3.63) is 75.8 Å². The van der Waals surface area contributed by atoms with Crippen LogP contribution in [0.2, 0.25) is 0 Å². The van der Waals surface area contributed by atoms with E-state index in [0.29, 0.717) is 22.4 Å². The van der Waals surface area contributed by atoms with Gasteiger partial charge < -0.3 is 21.7 Å². The van der Waals surface area contributed by atoms with Crippen molar-refractivity contribution in [3.63, 3.8) is 0 Å². The van der Waals surface area contributed by atoms with Crippen molar-refractivity contribution < 1.29 is 0 Å². The van der Waals surface area contributed by atoms with Crippen LogP contribution in [0.15, 0.2) is 53.3 Å². The van der Waals surface area contributed by atoms with Crippen LogP contribution in [0.1, 0.15) is 55.6 Å². The number of rotatable bonds is 8. The first-order valence-corrected chi connectivity index (χ1v) is 13.4. The third-order valence-electron chi connectivity index (χ3n) is 7.20. The average Bonchev–Trinajstić information content (AvgIpc) is 2.94. The van der Waals surface area contributed by atoms with E-state index in [2.05, 4.69) is 20.2 Å². The highest BCUT2D eigenvalue weighted by atomic mass is 16.1. The molecule has 5 rings (SSSR count). The average molecular weight is 524 g/mol. The highest BCUT2D eigenvalue weighted by Crippen LogP contribution is 2.26. The van der Waals surface area contributed by atoms with Crippen LogP contribution in [-0.4, -0.2) is 44.1 Å². The van der Waals surface area contributed by atoms with Crippen molar-refractivity contribution in [2.45, 2.75) is 45.1 Å². The van der Waals surface area contributed by atoms with E-state index >= 15 is 0 Å². The topological polar surface area (TPSA) is 152 Å². The van der Waals surface area contributed by atoms with E-state index in [-0.39, 0.29) is 28.7 Å². The molecule has 1 saturated heterocycles. The van der Waals surface area contributed by atoms with Gasteiger partial charge in [-0.15, -0.1) is 0 Å². The standard InChI is InChI=1S/C29H33N9O/c1-19(33-26-22(18-30)25(31)35-29(32)36-26)27-34-23-14-8-10-20(11-9-17-37-15-6-3-7-16-37)24(23)28(39)38(27)21-12-4-2-5-13-21/h2,4-5,8,10,12-14,19H,3,6-7,9,11,15-17H2,1H3,(H5,31,32,33,35,36). The van der Waals surface area contributed by atoms with Crippen LogP contribution in [0.3, 0.4) is 0 Å². The normalized spacial score (nSPS) is 14.7. The number of fused-ring (bicyclic) bond motifs is 1. The van der Waals surface area contributed by atoms with Gasteiger partial charge in [-0.25, -0.2) is 4.98 Å². The van der Waals surface area contributed by atoms with E-state index in [1.807, 2.05) is 61.5 Å². The summed E-state index contributed by atoms with van der Waals surface area (Å²) >= 11 is 0. The highest BCUT2D eigenvalue weighted by Gasteiger charge is 2.22. The largest absolute Gasteiger partial charge is 0.382 e. The van der Waals surface area contributed by atoms with Gasteiger partial charge >= 0.3 is 0 Å². The van der Waals surface area contributed by atoms with E-state index in [1.165, 1.54) is 19.3 Å². The number of hydrogen-bond acceptors (Lipinski definition) is 9. The Labute approximate surface area is 227 Å². The number of piperidine rings is 1. The SMILES string of the molecule is CC(Nc1nc(N)nc(N)c1C#N)c1nc2cccc(CCCN3CCCCC3)c2c(=O)n1-c1ccccc1. The van der Waals surface area contributed by atoms with Crippen LogP contribution in [0, 0.1) is 11.3 Å². The molecule has 10 heteroatoms. The Kier molecular flexibility index (Phi) is 7.70. The minimum absolute atomic E-state index is 0.0131. The molecule has 0 radical (unpaired) electrons. The predicted molar refractivity (Wildman–Crippen MR) is 154 cm³/mol. The summed E-state index contributed by atoms with van der Waals surface area (Å²) in [5, 5.41) is 13.4. The number of hydrogen-bond donors (Lipinski definition) is 3. The third kappa shape index (κ3) is 5.54. The molecule has 4 aromatic rings. The molecule has 0 saturated carbocycles. The smallest absolute Gasteiger partial charge is 0.266 e. The lowest BCUT2D eigenvalue weighted by molar-refractivity contribution is 0.226. The van der Waals surface area contributed by atoms with Crippen molar-refractivity contribution >= 4 is 28.5 Å². The fraction of sp³-hybridized carbons (Fsp3) is 0.345. The minimum atomic E-state index is -0.522. The molecule has 2 aromatic heterocycles. The third-order valence-corrected chi connectivity index (χ3v) is 7.20. The summed E-state index contributed by atoms with van der Waals surface area (Å²) in [6, 6.07) is 16.8. The summed E-state index contributed by atoms with van der Waals surface area (Å²) in [6.07, 6.45) is 5.63. The molecule has 1 fully saturated rings. The van der Waals surface area contributed by atoms with Gasteiger partial charge in [-0.1, -0.05) is 36.8 Å². The zero-order valence-electron chi connectivity index (χ0n) is 22.1. The number of nitrogens with zero attached hydrogens (tertiary/aromatic N) is 6. The van der Waals surface area contributed by atoms with E-state index < -0.39 is 6.04 Å². The zero-order valence-corrected chi connectivity index (χ0v) is 22.1. The van der Waals surface area contributed by atoms with Crippen LogP contribution in [-0.2, 0) is 6.42 Å². The number of nitrogens with one attached hydrogen (secondary N) is 1. The Bertz CT molecular complexity index is 1570. The molecule has 1 unspecified atom stereocenters. The van der Waals surface area contributed by atoms with Gasteiger partial charge in [-0.3, -0.25) is 9.36 Å². The lowest BCUT2D eigenvalue weighted by Crippen LogP contribution is -2.31. The molecule has 10 nitrogen and oxygen atoms in total. The summed E-state index contributed by atoms with van der Waals surface area (Å²) in [4.78, 5) is 29.7. The van der Waals surface area contributed by atoms with Crippen molar-refractivity contribution in [2.75, 3.05) is 36.4 Å². The molecular weight excluding hydrogens is 490 g/mol. The van der Waals surface area contributed by atoms with Gasteiger partial charge in [0, 0.05) is 0 Å². The molecule has 2 aromatic carbocycles. The van der Waals surface area contributed by atoms with E-state index in [0.717, 1.165) is 38.0 Å². The molecule has 1 aliphatic heterocycles. The fourth-order valence-electron chi connectivity index (χ4n) is 5.30. The van der Waals surface area contributed by atoms with Crippen LogP contribution in [0.25, 0.3) is 16.6 Å². The Balaban J connectivity index is 1.56. The van der Waals surface area contributed by atoms with Crippen molar-refractivity contribution in [3.8, 4) is 11.8 Å². The summed E-state index contributed by atoms with van der Waals surface area (Å²) < 4.78 is 1.63. The maximum absolute atomic E-state index is 14.2. The molecule has 39 heavy (non-hydrogen) atoms. The second kappa shape index (κ2) is 11.5. The number of aryl methyl sites for hydroxylation is 1. The van der Waals surface area contributed by atoms with E-state index in [1.54, 1.807) is 4.57 Å². The summed E-state index contributed by atoms with van der Waals surface area (Å²) in [5.74, 6) is 0.599. The minimum Gasteiger partial charge on any atom is -0.382 e. The number of aromatic nitrogens is 4. The summed E-state index contributed by atoms with van der Waals surface area (Å²) in [6.45, 7) is 5.19. The predicted octanol–water partition coefficient (Wildman–Crippen LogP) is 3.80. The molecule has 0 aliphatic carbocycles. The number of likely N-dealkylation sites (tertiary alicyclic amines) is 1. The quantitative estimate of drug-likeness (QED) is 0.313. The highest BCUT2D eigenvalue weighted by molar-refractivity contribution is 5.82. The number of anilines is 3. The fourth-order valence-corrected chi connectivity index (χ4v) is 5.30. The second-order valence-electron chi connectivity index (χ2n) is 9.93. The molecule has 0 bridgehead atoms. The Morgan fingerprint density at radius 1 is 1.03 bits per heavy atom. The Morgan fingerprint density at radius 3 is 2.54 bits per heavy atom. The van der Waals surface area contributed by atoms with Crippen LogP contribution < -0.4 is 22.3 Å². The van der Waals surface area contributed by atoms with Gasteiger partial charge in [0.25, 0.3) is 5.56 Å². The van der Waals surface area contributed by atoms with E-state index in [4.69, 9.17) is 16.5 Å². The molecule has 3 heterocycles. The Morgan fingerprint density at radius 2 is 1.79 bits per heavy atom. The first kappa shape index (κ1) is 26.1. The summed E-state index contributed by atoms with van der Waals surface area (Å²) in [7, 11) is 0. The first-order chi connectivity index (χ1) is 19.0. The molecule has 0 spiro atoms. The lowest BCUT2D eigenvalue weighted by Gasteiger charge is -2.26.